The molecule has 10 heteroatoms. The summed E-state index contributed by atoms with van der Waals surface area (Å²) in [4.78, 5) is 18.9. The zero-order valence-corrected chi connectivity index (χ0v) is 17.3. The van der Waals surface area contributed by atoms with Gasteiger partial charge in [-0.3, -0.25) is 0 Å². The van der Waals surface area contributed by atoms with Crippen molar-refractivity contribution in [1.29, 1.82) is 0 Å². The topological polar surface area (TPSA) is 106 Å². The molecule has 4 aromatic rings. The lowest BCUT2D eigenvalue weighted by molar-refractivity contribution is 0.594. The highest BCUT2D eigenvalue weighted by Crippen LogP contribution is 2.41. The zero-order chi connectivity index (χ0) is 19.0. The van der Waals surface area contributed by atoms with Gasteiger partial charge in [0.15, 0.2) is 16.7 Å². The Kier molecular flexibility index (Phi) is 5.13. The average molecular weight is 419 g/mol. The first-order valence-corrected chi connectivity index (χ1v) is 11.5. The smallest absolute Gasteiger partial charge is 0.232 e. The van der Waals surface area contributed by atoms with Crippen LogP contribution in [0.15, 0.2) is 28.2 Å². The molecule has 4 aromatic heterocycles. The Labute approximate surface area is 167 Å². The fraction of sp³-hybridized carbons (Fsp3) is 0.294. The maximum absolute atomic E-state index is 12.7. The van der Waals surface area contributed by atoms with Gasteiger partial charge in [0.2, 0.25) is 4.21 Å². The van der Waals surface area contributed by atoms with Gasteiger partial charge in [0.25, 0.3) is 0 Å². The molecule has 1 atom stereocenters. The number of hydrogen-bond acceptors (Lipinski definition) is 8. The molecular weight excluding hydrogens is 400 g/mol. The van der Waals surface area contributed by atoms with Crippen molar-refractivity contribution in [2.24, 2.45) is 7.05 Å². The molecule has 0 aromatic carbocycles. The number of aryl methyl sites for hydroxylation is 1. The minimum atomic E-state index is -1.15. The largest absolute Gasteiger partial charge is 0.611 e. The average Bonchev–Trinajstić information content (AvgIpc) is 3.39. The molecule has 0 spiro atoms. The summed E-state index contributed by atoms with van der Waals surface area (Å²) in [5, 5.41) is 3.33. The first-order valence-electron chi connectivity index (χ1n) is 8.46. The van der Waals surface area contributed by atoms with Crippen LogP contribution in [-0.4, -0.2) is 34.8 Å². The SMILES string of the molecule is CCCC[S+]([O-])c1sc2nc(-c3nccs3)nc(-c3nccn3C)c2c1N. The van der Waals surface area contributed by atoms with Gasteiger partial charge in [0.05, 0.1) is 5.39 Å². The number of anilines is 1. The fourth-order valence-electron chi connectivity index (χ4n) is 2.72. The molecule has 0 bridgehead atoms. The Morgan fingerprint density at radius 2 is 2.11 bits per heavy atom. The van der Waals surface area contributed by atoms with Crippen molar-refractivity contribution in [2.75, 3.05) is 11.5 Å². The van der Waals surface area contributed by atoms with Crippen LogP contribution in [0.5, 0.6) is 0 Å². The monoisotopic (exact) mass is 418 g/mol. The van der Waals surface area contributed by atoms with Crippen LogP contribution in [0.4, 0.5) is 5.69 Å². The van der Waals surface area contributed by atoms with Crippen LogP contribution in [0.25, 0.3) is 32.6 Å². The number of aromatic nitrogens is 5. The van der Waals surface area contributed by atoms with Gasteiger partial charge in [0.1, 0.15) is 22.0 Å². The van der Waals surface area contributed by atoms with Gasteiger partial charge >= 0.3 is 0 Å². The van der Waals surface area contributed by atoms with Crippen LogP contribution in [0.2, 0.25) is 0 Å². The summed E-state index contributed by atoms with van der Waals surface area (Å²) in [6, 6.07) is 0. The van der Waals surface area contributed by atoms with E-state index < -0.39 is 11.2 Å². The summed E-state index contributed by atoms with van der Waals surface area (Å²) in [6.45, 7) is 2.08. The van der Waals surface area contributed by atoms with Gasteiger partial charge in [-0.2, -0.15) is 0 Å². The summed E-state index contributed by atoms with van der Waals surface area (Å²) in [7, 11) is 1.90. The molecule has 0 fully saturated rings. The van der Waals surface area contributed by atoms with Gasteiger partial charge < -0.3 is 14.9 Å². The number of nitrogen functional groups attached to an aromatic ring is 1. The Hall–Kier alpha value is -2.01. The molecule has 1 unspecified atom stereocenters. The number of fused-ring (bicyclic) bond motifs is 1. The number of imidazole rings is 1. The Morgan fingerprint density at radius 1 is 1.26 bits per heavy atom. The van der Waals surface area contributed by atoms with Gasteiger partial charge in [-0.1, -0.05) is 24.7 Å². The van der Waals surface area contributed by atoms with Crippen molar-refractivity contribution in [3.63, 3.8) is 0 Å². The summed E-state index contributed by atoms with van der Waals surface area (Å²) in [5.41, 5.74) is 7.56. The number of nitrogens with zero attached hydrogens (tertiary/aromatic N) is 5. The summed E-state index contributed by atoms with van der Waals surface area (Å²) >= 11 is 1.70. The lowest BCUT2D eigenvalue weighted by Crippen LogP contribution is -2.07. The normalized spacial score (nSPS) is 12.7. The predicted octanol–water partition coefficient (Wildman–Crippen LogP) is 3.71. The van der Waals surface area contributed by atoms with Gasteiger partial charge in [0, 0.05) is 31.0 Å². The zero-order valence-electron chi connectivity index (χ0n) is 14.9. The maximum Gasteiger partial charge on any atom is 0.232 e. The maximum atomic E-state index is 12.7. The molecule has 0 saturated heterocycles. The van der Waals surface area contributed by atoms with E-state index >= 15 is 0 Å². The third-order valence-electron chi connectivity index (χ3n) is 4.10. The van der Waals surface area contributed by atoms with Crippen LogP contribution in [0.1, 0.15) is 19.8 Å². The Bertz CT molecular complexity index is 1070. The molecule has 140 valence electrons. The lowest BCUT2D eigenvalue weighted by Gasteiger charge is -2.08. The first-order chi connectivity index (χ1) is 13.1. The molecule has 0 aliphatic heterocycles. The Balaban J connectivity index is 1.95. The molecule has 0 aliphatic carbocycles. The highest BCUT2D eigenvalue weighted by molar-refractivity contribution is 7.93. The lowest BCUT2D eigenvalue weighted by atomic mass is 10.2. The van der Waals surface area contributed by atoms with Crippen molar-refractivity contribution in [1.82, 2.24) is 24.5 Å². The molecule has 7 nitrogen and oxygen atoms in total. The highest BCUT2D eigenvalue weighted by atomic mass is 32.2. The summed E-state index contributed by atoms with van der Waals surface area (Å²) < 4.78 is 15.3. The summed E-state index contributed by atoms with van der Waals surface area (Å²) in [6.07, 6.45) is 7.18. The Morgan fingerprint density at radius 3 is 2.78 bits per heavy atom. The van der Waals surface area contributed by atoms with Crippen molar-refractivity contribution < 1.29 is 4.55 Å². The number of nitrogens with two attached hydrogens (primary N) is 1. The standard InChI is InChI=1S/C17H18N6OS3/c1-3-4-9-27(24)17-11(18)10-12(14-19-5-7-23(14)2)21-13(22-15(10)26-17)16-20-6-8-25-16/h5-8H,3-4,9,18H2,1-2H3. The number of thiophene rings is 1. The van der Waals surface area contributed by atoms with Crippen molar-refractivity contribution in [2.45, 2.75) is 24.0 Å². The first kappa shape index (κ1) is 18.4. The molecule has 2 N–H and O–H groups in total. The predicted molar refractivity (Wildman–Crippen MR) is 111 cm³/mol. The second-order valence-corrected chi connectivity index (χ2v) is 9.64. The fourth-order valence-corrected chi connectivity index (χ4v) is 6.06. The van der Waals surface area contributed by atoms with Crippen LogP contribution >= 0.6 is 22.7 Å². The van der Waals surface area contributed by atoms with E-state index in [-0.39, 0.29) is 0 Å². The molecule has 0 saturated carbocycles. The highest BCUT2D eigenvalue weighted by Gasteiger charge is 2.26. The van der Waals surface area contributed by atoms with E-state index in [1.54, 1.807) is 12.4 Å². The van der Waals surface area contributed by atoms with Gasteiger partial charge in [-0.15, -0.1) is 11.3 Å². The molecule has 0 aliphatic rings. The van der Waals surface area contributed by atoms with E-state index in [9.17, 15) is 4.55 Å². The molecule has 4 heterocycles. The van der Waals surface area contributed by atoms with Crippen molar-refractivity contribution >= 4 is 49.8 Å². The third kappa shape index (κ3) is 3.33. The van der Waals surface area contributed by atoms with Crippen LogP contribution in [0, 0.1) is 0 Å². The number of hydrogen-bond donors (Lipinski definition) is 1. The molecule has 0 amide bonds. The van der Waals surface area contributed by atoms with E-state index in [1.165, 1.54) is 22.7 Å². The molecule has 4 rings (SSSR count). The van der Waals surface area contributed by atoms with Crippen LogP contribution < -0.4 is 5.73 Å². The van der Waals surface area contributed by atoms with Gasteiger partial charge in [-0.05, 0) is 17.6 Å². The summed E-state index contributed by atoms with van der Waals surface area (Å²) in [5.74, 6) is 1.82. The van der Waals surface area contributed by atoms with Gasteiger partial charge in [-0.25, -0.2) is 19.9 Å². The van der Waals surface area contributed by atoms with Crippen molar-refractivity contribution in [3.05, 3.63) is 24.0 Å². The van der Waals surface area contributed by atoms with E-state index in [2.05, 4.69) is 21.9 Å². The molecule has 27 heavy (non-hydrogen) atoms. The van der Waals surface area contributed by atoms with E-state index in [0.29, 0.717) is 37.8 Å². The number of rotatable bonds is 6. The second kappa shape index (κ2) is 7.55. The molecule has 0 radical (unpaired) electrons. The quantitative estimate of drug-likeness (QED) is 0.479. The number of thiazole rings is 1. The number of unbranched alkanes of at least 4 members (excludes halogenated alkanes) is 1. The minimum absolute atomic E-state index is 0.494. The van der Waals surface area contributed by atoms with Crippen molar-refractivity contribution in [3.8, 4) is 22.4 Å². The van der Waals surface area contributed by atoms with E-state index in [4.69, 9.17) is 10.7 Å². The van der Waals surface area contributed by atoms with E-state index in [1.807, 2.05) is 23.2 Å². The second-order valence-electron chi connectivity index (χ2n) is 5.98. The van der Waals surface area contributed by atoms with E-state index in [0.717, 1.165) is 23.2 Å². The third-order valence-corrected chi connectivity index (χ3v) is 7.86. The molecular formula is C17H18N6OS3. The minimum Gasteiger partial charge on any atom is -0.611 e. The van der Waals surface area contributed by atoms with Crippen LogP contribution in [0.3, 0.4) is 0 Å². The van der Waals surface area contributed by atoms with Crippen LogP contribution in [-0.2, 0) is 18.2 Å².